The van der Waals surface area contributed by atoms with Gasteiger partial charge in [0.2, 0.25) is 5.88 Å². The molecule has 140 valence electrons. The van der Waals surface area contributed by atoms with E-state index < -0.39 is 0 Å². The van der Waals surface area contributed by atoms with Gasteiger partial charge in [0.05, 0.1) is 38.3 Å². The fourth-order valence-corrected chi connectivity index (χ4v) is 3.59. The Morgan fingerprint density at radius 3 is 2.96 bits per heavy atom. The average Bonchev–Trinajstić information content (AvgIpc) is 3.18. The van der Waals surface area contributed by atoms with Gasteiger partial charge in [0, 0.05) is 38.6 Å². The van der Waals surface area contributed by atoms with E-state index in [1.165, 1.54) is 6.33 Å². The van der Waals surface area contributed by atoms with Crippen molar-refractivity contribution in [2.24, 2.45) is 5.92 Å². The van der Waals surface area contributed by atoms with Crippen molar-refractivity contribution < 1.29 is 14.2 Å². The van der Waals surface area contributed by atoms with Crippen LogP contribution in [0.2, 0.25) is 0 Å². The number of rotatable bonds is 6. The Bertz CT molecular complexity index is 716. The zero-order chi connectivity index (χ0) is 17.8. The standard InChI is InChI=1S/C18H25N5O3/c1-24-18-6-17(20-12-21-18)22-8-15-7-19-13-23(15)16(9-22)11-26-10-14-2-4-25-5-3-14/h6-7,12-14,16H,2-5,8-11H2,1H3. The Kier molecular flexibility index (Phi) is 5.31. The van der Waals surface area contributed by atoms with Crippen molar-refractivity contribution in [3.63, 3.8) is 0 Å². The maximum atomic E-state index is 6.08. The second-order valence-electron chi connectivity index (χ2n) is 6.84. The van der Waals surface area contributed by atoms with Crippen molar-refractivity contribution in [2.45, 2.75) is 25.4 Å². The fraction of sp³-hybridized carbons (Fsp3) is 0.611. The van der Waals surface area contributed by atoms with Crippen molar-refractivity contribution in [1.82, 2.24) is 19.5 Å². The first-order valence-electron chi connectivity index (χ1n) is 9.10. The highest BCUT2D eigenvalue weighted by Crippen LogP contribution is 2.26. The summed E-state index contributed by atoms with van der Waals surface area (Å²) in [5, 5.41) is 0. The molecule has 2 aromatic heterocycles. The van der Waals surface area contributed by atoms with Gasteiger partial charge >= 0.3 is 0 Å². The predicted molar refractivity (Wildman–Crippen MR) is 95.3 cm³/mol. The largest absolute Gasteiger partial charge is 0.481 e. The molecule has 0 saturated carbocycles. The van der Waals surface area contributed by atoms with Crippen LogP contribution < -0.4 is 9.64 Å². The third kappa shape index (κ3) is 3.81. The second kappa shape index (κ2) is 8.01. The summed E-state index contributed by atoms with van der Waals surface area (Å²) in [4.78, 5) is 15.0. The Morgan fingerprint density at radius 2 is 2.12 bits per heavy atom. The van der Waals surface area contributed by atoms with Gasteiger partial charge in [-0.25, -0.2) is 15.0 Å². The van der Waals surface area contributed by atoms with Crippen LogP contribution >= 0.6 is 0 Å². The van der Waals surface area contributed by atoms with E-state index in [0.29, 0.717) is 18.4 Å². The Labute approximate surface area is 153 Å². The zero-order valence-corrected chi connectivity index (χ0v) is 15.1. The molecule has 0 radical (unpaired) electrons. The second-order valence-corrected chi connectivity index (χ2v) is 6.84. The third-order valence-corrected chi connectivity index (χ3v) is 5.09. The molecule has 1 atom stereocenters. The quantitative estimate of drug-likeness (QED) is 0.777. The van der Waals surface area contributed by atoms with Crippen LogP contribution in [0.15, 0.2) is 24.9 Å². The lowest BCUT2D eigenvalue weighted by atomic mass is 10.0. The number of imidazole rings is 1. The van der Waals surface area contributed by atoms with Crippen LogP contribution in [-0.2, 0) is 16.0 Å². The Hall–Kier alpha value is -2.19. The number of fused-ring (bicyclic) bond motifs is 1. The summed E-state index contributed by atoms with van der Waals surface area (Å²) in [5.41, 5.74) is 1.16. The average molecular weight is 359 g/mol. The maximum absolute atomic E-state index is 6.08. The molecule has 1 saturated heterocycles. The summed E-state index contributed by atoms with van der Waals surface area (Å²) in [6, 6.07) is 2.08. The molecule has 8 heteroatoms. The summed E-state index contributed by atoms with van der Waals surface area (Å²) in [7, 11) is 1.62. The number of aromatic nitrogens is 4. The van der Waals surface area contributed by atoms with Crippen LogP contribution in [0.4, 0.5) is 5.82 Å². The maximum Gasteiger partial charge on any atom is 0.218 e. The third-order valence-electron chi connectivity index (χ3n) is 5.09. The van der Waals surface area contributed by atoms with Gasteiger partial charge < -0.3 is 23.7 Å². The highest BCUT2D eigenvalue weighted by Gasteiger charge is 2.26. The molecule has 0 aromatic carbocycles. The van der Waals surface area contributed by atoms with Gasteiger partial charge in [-0.2, -0.15) is 0 Å². The molecule has 0 bridgehead atoms. The molecule has 1 fully saturated rings. The molecule has 0 N–H and O–H groups in total. The molecule has 0 spiro atoms. The minimum atomic E-state index is 0.210. The van der Waals surface area contributed by atoms with E-state index in [4.69, 9.17) is 14.2 Å². The fourth-order valence-electron chi connectivity index (χ4n) is 3.59. The molecule has 2 aliphatic heterocycles. The molecular formula is C18H25N5O3. The van der Waals surface area contributed by atoms with Gasteiger partial charge in [0.1, 0.15) is 12.1 Å². The smallest absolute Gasteiger partial charge is 0.218 e. The van der Waals surface area contributed by atoms with Crippen molar-refractivity contribution in [3.05, 3.63) is 30.6 Å². The van der Waals surface area contributed by atoms with Crippen LogP contribution in [0, 0.1) is 5.92 Å². The van der Waals surface area contributed by atoms with Crippen molar-refractivity contribution >= 4 is 5.82 Å². The lowest BCUT2D eigenvalue weighted by Crippen LogP contribution is -2.39. The van der Waals surface area contributed by atoms with Gasteiger partial charge in [-0.3, -0.25) is 0 Å². The molecule has 0 aliphatic carbocycles. The first kappa shape index (κ1) is 17.2. The summed E-state index contributed by atoms with van der Waals surface area (Å²) in [6.45, 7) is 4.75. The minimum absolute atomic E-state index is 0.210. The molecule has 0 amide bonds. The molecular weight excluding hydrogens is 334 g/mol. The van der Waals surface area contributed by atoms with Crippen LogP contribution in [0.25, 0.3) is 0 Å². The van der Waals surface area contributed by atoms with Crippen molar-refractivity contribution in [3.8, 4) is 5.88 Å². The highest BCUT2D eigenvalue weighted by atomic mass is 16.5. The van der Waals surface area contributed by atoms with E-state index in [1.807, 2.05) is 18.6 Å². The van der Waals surface area contributed by atoms with E-state index in [2.05, 4.69) is 24.4 Å². The first-order valence-corrected chi connectivity index (χ1v) is 9.10. The van der Waals surface area contributed by atoms with Crippen molar-refractivity contribution in [1.29, 1.82) is 0 Å². The van der Waals surface area contributed by atoms with E-state index in [1.54, 1.807) is 7.11 Å². The molecule has 26 heavy (non-hydrogen) atoms. The van der Waals surface area contributed by atoms with E-state index in [0.717, 1.165) is 57.3 Å². The van der Waals surface area contributed by atoms with Gasteiger partial charge in [-0.15, -0.1) is 0 Å². The number of ether oxygens (including phenoxy) is 3. The zero-order valence-electron chi connectivity index (χ0n) is 15.1. The number of hydrogen-bond donors (Lipinski definition) is 0. The lowest BCUT2D eigenvalue weighted by molar-refractivity contribution is 0.0122. The van der Waals surface area contributed by atoms with E-state index in [-0.39, 0.29) is 6.04 Å². The summed E-state index contributed by atoms with van der Waals surface area (Å²) < 4.78 is 18.9. The lowest BCUT2D eigenvalue weighted by Gasteiger charge is -2.35. The van der Waals surface area contributed by atoms with Crippen LogP contribution in [0.3, 0.4) is 0 Å². The van der Waals surface area contributed by atoms with Crippen LogP contribution in [0.1, 0.15) is 24.6 Å². The van der Waals surface area contributed by atoms with Gasteiger partial charge in [0.25, 0.3) is 0 Å². The normalized spacial score (nSPS) is 20.8. The summed E-state index contributed by atoms with van der Waals surface area (Å²) in [5.74, 6) is 2.04. The monoisotopic (exact) mass is 359 g/mol. The van der Waals surface area contributed by atoms with Gasteiger partial charge in [-0.1, -0.05) is 0 Å². The van der Waals surface area contributed by atoms with Gasteiger partial charge in [-0.05, 0) is 18.8 Å². The van der Waals surface area contributed by atoms with Crippen LogP contribution in [-0.4, -0.2) is 59.6 Å². The van der Waals surface area contributed by atoms with E-state index >= 15 is 0 Å². The number of methoxy groups -OCH3 is 1. The molecule has 4 rings (SSSR count). The van der Waals surface area contributed by atoms with Gasteiger partial charge in [0.15, 0.2) is 0 Å². The molecule has 2 aromatic rings. The number of nitrogens with zero attached hydrogens (tertiary/aromatic N) is 5. The van der Waals surface area contributed by atoms with Crippen molar-refractivity contribution in [2.75, 3.05) is 45.0 Å². The summed E-state index contributed by atoms with van der Waals surface area (Å²) >= 11 is 0. The summed E-state index contributed by atoms with van der Waals surface area (Å²) in [6.07, 6.45) is 7.53. The predicted octanol–water partition coefficient (Wildman–Crippen LogP) is 1.69. The molecule has 8 nitrogen and oxygen atoms in total. The van der Waals surface area contributed by atoms with E-state index in [9.17, 15) is 0 Å². The Balaban J connectivity index is 1.42. The Morgan fingerprint density at radius 1 is 1.23 bits per heavy atom. The molecule has 4 heterocycles. The molecule has 2 aliphatic rings. The van der Waals surface area contributed by atoms with Crippen LogP contribution in [0.5, 0.6) is 5.88 Å². The topological polar surface area (TPSA) is 74.5 Å². The minimum Gasteiger partial charge on any atom is -0.481 e. The SMILES string of the molecule is COc1cc(N2Cc3cncn3C(COCC3CCOCC3)C2)ncn1. The number of anilines is 1. The highest BCUT2D eigenvalue weighted by molar-refractivity contribution is 5.42. The molecule has 1 unspecified atom stereocenters. The first-order chi connectivity index (χ1) is 12.8. The number of hydrogen-bond acceptors (Lipinski definition) is 7.